The van der Waals surface area contributed by atoms with Crippen molar-refractivity contribution in [1.29, 1.82) is 0 Å². The molecule has 5 aromatic rings. The van der Waals surface area contributed by atoms with Gasteiger partial charge in [0.15, 0.2) is 10.9 Å². The second-order valence-electron chi connectivity index (χ2n) is 8.53. The van der Waals surface area contributed by atoms with Crippen LogP contribution in [0.2, 0.25) is 0 Å². The summed E-state index contributed by atoms with van der Waals surface area (Å²) < 4.78 is 45.0. The number of anilines is 3. The number of rotatable bonds is 6. The molecule has 5 rings (SSSR count). The number of hydrogen-bond acceptors (Lipinski definition) is 6. The van der Waals surface area contributed by atoms with E-state index in [0.717, 1.165) is 29.0 Å². The molecule has 11 heteroatoms. The molecule has 196 valence electrons. The second kappa shape index (κ2) is 10.9. The highest BCUT2D eigenvalue weighted by atomic mass is 32.1. The van der Waals surface area contributed by atoms with Crippen molar-refractivity contribution in [3.63, 3.8) is 0 Å². The number of nitrogens with two attached hydrogens (primary N) is 1. The lowest BCUT2D eigenvalue weighted by molar-refractivity contribution is -0.137. The third kappa shape index (κ3) is 6.04. The van der Waals surface area contributed by atoms with Crippen molar-refractivity contribution in [2.75, 3.05) is 16.4 Å². The summed E-state index contributed by atoms with van der Waals surface area (Å²) in [5.41, 5.74) is 9.26. The lowest BCUT2D eigenvalue weighted by Crippen LogP contribution is -2.21. The van der Waals surface area contributed by atoms with Crippen LogP contribution >= 0.6 is 12.2 Å². The van der Waals surface area contributed by atoms with Crippen LogP contribution in [-0.2, 0) is 12.6 Å². The minimum Gasteiger partial charge on any atom is -0.367 e. The molecule has 2 heterocycles. The highest BCUT2D eigenvalue weighted by molar-refractivity contribution is 7.80. The second-order valence-corrected chi connectivity index (χ2v) is 8.94. The third-order valence-corrected chi connectivity index (χ3v) is 6.07. The fraction of sp³-hybridized carbons (Fsp3) is 0.0714. The minimum absolute atomic E-state index is 0.0653. The van der Waals surface area contributed by atoms with E-state index in [1.165, 1.54) is 12.1 Å². The maximum Gasteiger partial charge on any atom is 0.416 e. The predicted octanol–water partition coefficient (Wildman–Crippen LogP) is 6.80. The third-order valence-electron chi connectivity index (χ3n) is 5.87. The van der Waals surface area contributed by atoms with Crippen molar-refractivity contribution in [2.45, 2.75) is 12.6 Å². The van der Waals surface area contributed by atoms with Crippen LogP contribution in [-0.4, -0.2) is 20.5 Å². The average Bonchev–Trinajstić information content (AvgIpc) is 3.30. The first-order valence-corrected chi connectivity index (χ1v) is 12.2. The number of aromatic nitrogens is 3. The van der Waals surface area contributed by atoms with Gasteiger partial charge in [0, 0.05) is 17.7 Å². The molecule has 0 aliphatic carbocycles. The molecule has 0 radical (unpaired) electrons. The molecule has 0 saturated carbocycles. The minimum atomic E-state index is -4.49. The Hall–Kier alpha value is -4.77. The predicted molar refractivity (Wildman–Crippen MR) is 148 cm³/mol. The van der Waals surface area contributed by atoms with Crippen molar-refractivity contribution in [2.24, 2.45) is 0 Å². The van der Waals surface area contributed by atoms with Crippen molar-refractivity contribution in [1.82, 2.24) is 15.4 Å². The van der Waals surface area contributed by atoms with Crippen LogP contribution in [0, 0.1) is 0 Å². The topological polar surface area (TPSA) is 102 Å². The molecule has 7 nitrogen and oxygen atoms in total. The molecule has 0 aliphatic rings. The summed E-state index contributed by atoms with van der Waals surface area (Å²) in [5.74, 6) is 0.394. The number of nitrogens with zero attached hydrogens (tertiary/aromatic N) is 3. The molecule has 3 aromatic carbocycles. The first-order chi connectivity index (χ1) is 18.8. The number of halogens is 3. The highest BCUT2D eigenvalue weighted by Gasteiger charge is 2.31. The molecule has 0 bridgehead atoms. The van der Waals surface area contributed by atoms with Crippen LogP contribution in [0.5, 0.6) is 0 Å². The van der Waals surface area contributed by atoms with E-state index < -0.39 is 11.7 Å². The van der Waals surface area contributed by atoms with Gasteiger partial charge in [-0.3, -0.25) is 0 Å². The van der Waals surface area contributed by atoms with Crippen molar-refractivity contribution in [3.05, 3.63) is 108 Å². The average molecular weight is 547 g/mol. The van der Waals surface area contributed by atoms with Gasteiger partial charge in [-0.1, -0.05) is 65.8 Å². The summed E-state index contributed by atoms with van der Waals surface area (Å²) in [6, 6.07) is 25.5. The van der Waals surface area contributed by atoms with Gasteiger partial charge in [0.2, 0.25) is 5.88 Å². The molecular formula is C28H21F3N6OS. The van der Waals surface area contributed by atoms with Crippen LogP contribution < -0.4 is 16.4 Å². The summed E-state index contributed by atoms with van der Waals surface area (Å²) in [6.07, 6.45) is -4.27. The van der Waals surface area contributed by atoms with E-state index in [1.807, 2.05) is 60.7 Å². The maximum absolute atomic E-state index is 13.3. The molecule has 0 aliphatic heterocycles. The quantitative estimate of drug-likeness (QED) is 0.200. The normalized spacial score (nSPS) is 11.3. The van der Waals surface area contributed by atoms with E-state index in [1.54, 1.807) is 6.07 Å². The van der Waals surface area contributed by atoms with Gasteiger partial charge in [0.25, 0.3) is 0 Å². The van der Waals surface area contributed by atoms with Crippen LogP contribution in [0.4, 0.5) is 30.6 Å². The number of para-hydroxylation sites is 1. The molecule has 0 spiro atoms. The fourth-order valence-electron chi connectivity index (χ4n) is 4.03. The number of benzene rings is 3. The standard InChI is InChI=1S/C28H21F3N6OS/c29-28(30,31)20-11-6-10-19(15-20)25-23(37-38-26(25)32)16-18-9-4-5-12-21(18)33-27(39)34-24-14-13-22(35-36-24)17-7-2-1-3-8-17/h1-15H,16,32H2,(H2,33,34,36,39). The van der Waals surface area contributed by atoms with Gasteiger partial charge in [-0.05, 0) is 53.7 Å². The maximum atomic E-state index is 13.3. The smallest absolute Gasteiger partial charge is 0.367 e. The Labute approximate surface area is 226 Å². The van der Waals surface area contributed by atoms with Gasteiger partial charge >= 0.3 is 6.18 Å². The molecule has 0 amide bonds. The summed E-state index contributed by atoms with van der Waals surface area (Å²) in [4.78, 5) is 0. The van der Waals surface area contributed by atoms with Gasteiger partial charge in [-0.15, -0.1) is 10.2 Å². The zero-order valence-corrected chi connectivity index (χ0v) is 21.1. The van der Waals surface area contributed by atoms with Gasteiger partial charge in [-0.2, -0.15) is 13.2 Å². The SMILES string of the molecule is Nc1onc(Cc2ccccc2NC(=S)Nc2ccc(-c3ccccc3)nn2)c1-c1cccc(C(F)(F)F)c1. The van der Waals surface area contributed by atoms with Crippen LogP contribution in [0.1, 0.15) is 16.8 Å². The van der Waals surface area contributed by atoms with E-state index in [2.05, 4.69) is 26.0 Å². The van der Waals surface area contributed by atoms with Crippen molar-refractivity contribution < 1.29 is 17.7 Å². The number of alkyl halides is 3. The molecule has 0 saturated heterocycles. The van der Waals surface area contributed by atoms with E-state index in [-0.39, 0.29) is 23.0 Å². The summed E-state index contributed by atoms with van der Waals surface area (Å²) >= 11 is 5.47. The molecule has 2 aromatic heterocycles. The zero-order valence-electron chi connectivity index (χ0n) is 20.2. The summed E-state index contributed by atoms with van der Waals surface area (Å²) in [5, 5.41) is 18.9. The zero-order chi connectivity index (χ0) is 27.4. The van der Waals surface area contributed by atoms with E-state index in [0.29, 0.717) is 22.8 Å². The van der Waals surface area contributed by atoms with Crippen molar-refractivity contribution in [3.8, 4) is 22.4 Å². The first kappa shape index (κ1) is 25.9. The Kier molecular flexibility index (Phi) is 7.24. The lowest BCUT2D eigenvalue weighted by atomic mass is 9.98. The van der Waals surface area contributed by atoms with Gasteiger partial charge < -0.3 is 20.9 Å². The van der Waals surface area contributed by atoms with Gasteiger partial charge in [0.1, 0.15) is 0 Å². The summed E-state index contributed by atoms with van der Waals surface area (Å²) in [7, 11) is 0. The Morgan fingerprint density at radius 2 is 1.59 bits per heavy atom. The molecule has 0 unspecified atom stereocenters. The fourth-order valence-corrected chi connectivity index (χ4v) is 4.24. The number of nitrogen functional groups attached to an aromatic ring is 1. The lowest BCUT2D eigenvalue weighted by Gasteiger charge is -2.14. The Morgan fingerprint density at radius 1 is 0.846 bits per heavy atom. The number of thiocarbonyl (C=S) groups is 1. The molecular weight excluding hydrogens is 525 g/mol. The number of nitrogens with one attached hydrogen (secondary N) is 2. The molecule has 0 atom stereocenters. The van der Waals surface area contributed by atoms with Crippen molar-refractivity contribution >= 4 is 34.7 Å². The molecule has 4 N–H and O–H groups in total. The monoisotopic (exact) mass is 546 g/mol. The van der Waals surface area contributed by atoms with Crippen LogP contribution in [0.15, 0.2) is 95.5 Å². The molecule has 39 heavy (non-hydrogen) atoms. The van der Waals surface area contributed by atoms with Gasteiger partial charge in [0.05, 0.1) is 22.5 Å². The van der Waals surface area contributed by atoms with Crippen LogP contribution in [0.25, 0.3) is 22.4 Å². The van der Waals surface area contributed by atoms with E-state index in [4.69, 9.17) is 22.5 Å². The largest absolute Gasteiger partial charge is 0.416 e. The molecule has 0 fully saturated rings. The van der Waals surface area contributed by atoms with Crippen LogP contribution in [0.3, 0.4) is 0 Å². The Balaban J connectivity index is 1.33. The Morgan fingerprint density at radius 3 is 2.33 bits per heavy atom. The van der Waals surface area contributed by atoms with Gasteiger partial charge in [-0.25, -0.2) is 0 Å². The van der Waals surface area contributed by atoms with E-state index in [9.17, 15) is 13.2 Å². The van der Waals surface area contributed by atoms with E-state index >= 15 is 0 Å². The number of hydrogen-bond donors (Lipinski definition) is 3. The highest BCUT2D eigenvalue weighted by Crippen LogP contribution is 2.36. The first-order valence-electron chi connectivity index (χ1n) is 11.7. The Bertz CT molecular complexity index is 1600. The summed E-state index contributed by atoms with van der Waals surface area (Å²) in [6.45, 7) is 0.